The monoisotopic (exact) mass is 728 g/mol. The number of sulfone groups is 2. The van der Waals surface area contributed by atoms with Gasteiger partial charge in [0.15, 0.2) is 26.0 Å². The van der Waals surface area contributed by atoms with Crippen LogP contribution in [0.15, 0.2) is 40.1 Å². The fourth-order valence-electron chi connectivity index (χ4n) is 5.20. The molecule has 0 aliphatic heterocycles. The molecule has 0 bridgehead atoms. The van der Waals surface area contributed by atoms with Crippen molar-refractivity contribution < 1.29 is 34.8 Å². The van der Waals surface area contributed by atoms with Gasteiger partial charge in [0.25, 0.3) is 0 Å². The molecular weight excluding hydrogens is 677 g/mol. The SMILES string of the molecule is CCCCCCCCCCCCCCCCS(=O)(=O)Nc1ccc(C=O)c(NC(=O)NNc2cc(S(C)(=O)=O)c(S(C)(=O)=O)cc2C)c1. The number of rotatable bonds is 23. The summed E-state index contributed by atoms with van der Waals surface area (Å²) >= 11 is 0. The quantitative estimate of drug-likeness (QED) is 0.0532. The van der Waals surface area contributed by atoms with Crippen LogP contribution in [0.1, 0.15) is 113 Å². The molecule has 0 fully saturated rings. The number of amides is 2. The van der Waals surface area contributed by atoms with Gasteiger partial charge in [-0.2, -0.15) is 0 Å². The van der Waals surface area contributed by atoms with Gasteiger partial charge in [0.1, 0.15) is 0 Å². The predicted molar refractivity (Wildman–Crippen MR) is 193 cm³/mol. The number of carbonyl (C=O) groups excluding carboxylic acids is 2. The second-order valence-corrected chi connectivity index (χ2v) is 18.1. The van der Waals surface area contributed by atoms with Crippen LogP contribution in [0.3, 0.4) is 0 Å². The molecule has 270 valence electrons. The minimum absolute atomic E-state index is 0.0296. The molecule has 0 saturated carbocycles. The number of urea groups is 1. The average Bonchev–Trinajstić information content (AvgIpc) is 2.99. The Morgan fingerprint density at radius 3 is 1.69 bits per heavy atom. The Kier molecular flexibility index (Phi) is 16.9. The van der Waals surface area contributed by atoms with Gasteiger partial charge in [-0.25, -0.2) is 30.0 Å². The number of anilines is 3. The molecule has 0 aliphatic carbocycles. The summed E-state index contributed by atoms with van der Waals surface area (Å²) < 4.78 is 76.7. The van der Waals surface area contributed by atoms with Crippen molar-refractivity contribution in [1.29, 1.82) is 0 Å². The maximum absolute atomic E-state index is 12.7. The third-order valence-electron chi connectivity index (χ3n) is 7.87. The van der Waals surface area contributed by atoms with Gasteiger partial charge in [0, 0.05) is 18.1 Å². The van der Waals surface area contributed by atoms with Crippen molar-refractivity contribution in [2.24, 2.45) is 0 Å². The number of aldehydes is 1. The number of benzene rings is 2. The first kappa shape index (κ1) is 41.0. The highest BCUT2D eigenvalue weighted by Crippen LogP contribution is 2.28. The van der Waals surface area contributed by atoms with Crippen molar-refractivity contribution in [3.8, 4) is 0 Å². The number of nitrogens with one attached hydrogen (secondary N) is 4. The molecule has 2 aromatic rings. The molecule has 0 aliphatic rings. The molecule has 48 heavy (non-hydrogen) atoms. The van der Waals surface area contributed by atoms with Crippen LogP contribution >= 0.6 is 0 Å². The molecule has 2 aromatic carbocycles. The molecule has 15 heteroatoms. The van der Waals surface area contributed by atoms with E-state index in [0.29, 0.717) is 18.3 Å². The Balaban J connectivity index is 1.85. The van der Waals surface area contributed by atoms with Gasteiger partial charge < -0.3 is 5.32 Å². The number of hydrogen-bond donors (Lipinski definition) is 4. The maximum Gasteiger partial charge on any atom is 0.337 e. The van der Waals surface area contributed by atoms with E-state index in [9.17, 15) is 34.8 Å². The molecular formula is C33H52N4O8S3. The van der Waals surface area contributed by atoms with Gasteiger partial charge in [-0.1, -0.05) is 90.4 Å². The van der Waals surface area contributed by atoms with Crippen molar-refractivity contribution >= 4 is 59.1 Å². The molecule has 0 atom stereocenters. The van der Waals surface area contributed by atoms with Crippen molar-refractivity contribution in [1.82, 2.24) is 5.43 Å². The minimum atomic E-state index is -3.93. The van der Waals surface area contributed by atoms with Crippen molar-refractivity contribution in [2.75, 3.05) is 33.7 Å². The largest absolute Gasteiger partial charge is 0.337 e. The summed E-state index contributed by atoms with van der Waals surface area (Å²) in [5.74, 6) is -0.0550. The average molecular weight is 729 g/mol. The first-order valence-electron chi connectivity index (χ1n) is 16.5. The van der Waals surface area contributed by atoms with E-state index in [1.54, 1.807) is 0 Å². The summed E-state index contributed by atoms with van der Waals surface area (Å²) in [6.45, 7) is 3.76. The number of unbranched alkanes of at least 4 members (excludes halogenated alkanes) is 13. The number of hydrazine groups is 1. The Hall–Kier alpha value is -3.17. The Bertz CT molecular complexity index is 1690. The van der Waals surface area contributed by atoms with E-state index in [1.807, 2.05) is 0 Å². The molecule has 0 radical (unpaired) electrons. The van der Waals surface area contributed by atoms with Gasteiger partial charge >= 0.3 is 6.03 Å². The maximum atomic E-state index is 12.7. The second-order valence-electron chi connectivity index (χ2n) is 12.3. The van der Waals surface area contributed by atoms with E-state index in [4.69, 9.17) is 0 Å². The summed E-state index contributed by atoms with van der Waals surface area (Å²) in [7, 11) is -11.5. The van der Waals surface area contributed by atoms with E-state index in [2.05, 4.69) is 27.8 Å². The van der Waals surface area contributed by atoms with Gasteiger partial charge in [-0.05, 0) is 49.2 Å². The number of aryl methyl sites for hydroxylation is 1. The van der Waals surface area contributed by atoms with Crippen molar-refractivity contribution in [3.05, 3.63) is 41.5 Å². The van der Waals surface area contributed by atoms with E-state index >= 15 is 0 Å². The van der Waals surface area contributed by atoms with Crippen molar-refractivity contribution in [3.63, 3.8) is 0 Å². The lowest BCUT2D eigenvalue weighted by atomic mass is 10.0. The molecule has 0 saturated heterocycles. The fraction of sp³-hybridized carbons (Fsp3) is 0.576. The van der Waals surface area contributed by atoms with Gasteiger partial charge in [-0.3, -0.25) is 20.4 Å². The van der Waals surface area contributed by atoms with Crippen LogP contribution in [0.2, 0.25) is 0 Å². The summed E-state index contributed by atoms with van der Waals surface area (Å²) in [5, 5.41) is 2.46. The lowest BCUT2D eigenvalue weighted by molar-refractivity contribution is 0.112. The first-order chi connectivity index (χ1) is 22.6. The molecule has 0 heterocycles. The van der Waals surface area contributed by atoms with Gasteiger partial charge in [0.2, 0.25) is 10.0 Å². The molecule has 0 unspecified atom stereocenters. The highest BCUT2D eigenvalue weighted by Gasteiger charge is 2.23. The highest BCUT2D eigenvalue weighted by molar-refractivity contribution is 7.94. The molecule has 4 N–H and O–H groups in total. The third-order valence-corrected chi connectivity index (χ3v) is 11.6. The highest BCUT2D eigenvalue weighted by atomic mass is 32.2. The molecule has 2 rings (SSSR count). The summed E-state index contributed by atoms with van der Waals surface area (Å²) in [6, 6.07) is 5.55. The Labute approximate surface area is 287 Å². The zero-order valence-corrected chi connectivity index (χ0v) is 31.0. The number of carbonyl (C=O) groups is 2. The van der Waals surface area contributed by atoms with Crippen LogP contribution in [-0.4, -0.2) is 55.8 Å². The molecule has 0 aromatic heterocycles. The lowest BCUT2D eigenvalue weighted by Gasteiger charge is -2.16. The fourth-order valence-corrected chi connectivity index (χ4v) is 8.85. The molecule has 0 spiro atoms. The first-order valence-corrected chi connectivity index (χ1v) is 22.0. The number of sulfonamides is 1. The normalized spacial score (nSPS) is 12.0. The van der Waals surface area contributed by atoms with Crippen molar-refractivity contribution in [2.45, 2.75) is 114 Å². The van der Waals surface area contributed by atoms with E-state index < -0.39 is 40.6 Å². The van der Waals surface area contributed by atoms with E-state index in [0.717, 1.165) is 37.8 Å². The Morgan fingerprint density at radius 1 is 0.688 bits per heavy atom. The predicted octanol–water partition coefficient (Wildman–Crippen LogP) is 6.99. The topological polar surface area (TPSA) is 185 Å². The van der Waals surface area contributed by atoms with Crippen LogP contribution < -0.4 is 20.9 Å². The van der Waals surface area contributed by atoms with Crippen LogP contribution in [0.25, 0.3) is 0 Å². The molecule has 12 nitrogen and oxygen atoms in total. The Morgan fingerprint density at radius 2 is 1.19 bits per heavy atom. The van der Waals surface area contributed by atoms with Crippen LogP contribution in [0.5, 0.6) is 0 Å². The minimum Gasteiger partial charge on any atom is -0.306 e. The van der Waals surface area contributed by atoms with Gasteiger partial charge in [-0.15, -0.1) is 0 Å². The number of hydrogen-bond acceptors (Lipinski definition) is 9. The second kappa shape index (κ2) is 19.7. The van der Waals surface area contributed by atoms with Crippen LogP contribution in [-0.2, 0) is 29.7 Å². The molecule has 2 amide bonds. The lowest BCUT2D eigenvalue weighted by Crippen LogP contribution is -2.34. The van der Waals surface area contributed by atoms with E-state index in [1.165, 1.54) is 95.4 Å². The summed E-state index contributed by atoms with van der Waals surface area (Å²) in [4.78, 5) is 23.5. The van der Waals surface area contributed by atoms with E-state index in [-0.39, 0.29) is 33.3 Å². The standard InChI is InChI=1S/C33H52N4O8S3/c1-5-6-7-8-9-10-11-12-13-14-15-16-17-18-21-48(44,45)37-28-20-19-27(25-38)30(23-28)34-33(39)36-35-29-24-32(47(4,42)43)31(22-26(29)2)46(3,40)41/h19-20,22-25,35,37H,5-18,21H2,1-4H3,(H2,34,36,39). The summed E-state index contributed by atoms with van der Waals surface area (Å²) in [5.41, 5.74) is 5.62. The van der Waals surface area contributed by atoms with Gasteiger partial charge in [0.05, 0.1) is 32.6 Å². The van der Waals surface area contributed by atoms with Crippen LogP contribution in [0, 0.1) is 6.92 Å². The zero-order valence-electron chi connectivity index (χ0n) is 28.6. The van der Waals surface area contributed by atoms with Crippen LogP contribution in [0.4, 0.5) is 21.9 Å². The third kappa shape index (κ3) is 14.9. The smallest absolute Gasteiger partial charge is 0.306 e. The summed E-state index contributed by atoms with van der Waals surface area (Å²) in [6.07, 6.45) is 18.6. The zero-order chi connectivity index (χ0) is 35.8.